The van der Waals surface area contributed by atoms with Crippen LogP contribution in [0.1, 0.15) is 23.0 Å². The minimum absolute atomic E-state index is 0.0754. The summed E-state index contributed by atoms with van der Waals surface area (Å²) >= 11 is 0. The molecule has 8 heteroatoms. The first-order chi connectivity index (χ1) is 14.5. The number of amides is 2. The third kappa shape index (κ3) is 3.95. The lowest BCUT2D eigenvalue weighted by Gasteiger charge is -2.26. The summed E-state index contributed by atoms with van der Waals surface area (Å²) in [5.74, 6) is -0.126. The van der Waals surface area contributed by atoms with E-state index in [1.165, 1.54) is 18.0 Å². The molecule has 0 saturated carbocycles. The number of para-hydroxylation sites is 1. The number of fused-ring (bicyclic) bond motifs is 1. The van der Waals surface area contributed by atoms with Crippen molar-refractivity contribution >= 4 is 29.4 Å². The lowest BCUT2D eigenvalue weighted by molar-refractivity contribution is -0.137. The van der Waals surface area contributed by atoms with Gasteiger partial charge in [-0.05, 0) is 30.3 Å². The number of carbonyl (C=O) groups excluding carboxylic acids is 3. The third-order valence-corrected chi connectivity index (χ3v) is 4.95. The summed E-state index contributed by atoms with van der Waals surface area (Å²) in [6, 6.07) is 10.3. The number of aromatic nitrogens is 1. The molecule has 0 unspecified atom stereocenters. The lowest BCUT2D eigenvalue weighted by Crippen LogP contribution is -2.42. The summed E-state index contributed by atoms with van der Waals surface area (Å²) in [7, 11) is 0. The molecule has 0 bridgehead atoms. The molecule has 154 valence electrons. The number of Topliss-reactive ketones (excluding diaryl/α,β-unsaturated/α-hetero) is 1. The molecule has 2 aliphatic rings. The van der Waals surface area contributed by atoms with Gasteiger partial charge < -0.3 is 14.4 Å². The Morgan fingerprint density at radius 2 is 1.93 bits per heavy atom. The Hall–Kier alpha value is -3.52. The quantitative estimate of drug-likeness (QED) is 0.720. The Labute approximate surface area is 173 Å². The number of morpholine rings is 1. The van der Waals surface area contributed by atoms with E-state index >= 15 is 0 Å². The van der Waals surface area contributed by atoms with Crippen LogP contribution in [-0.2, 0) is 14.3 Å². The predicted octanol–water partition coefficient (Wildman–Crippen LogP) is 1.91. The van der Waals surface area contributed by atoms with Gasteiger partial charge in [0, 0.05) is 25.6 Å². The number of allylic oxidation sites excluding steroid dienone is 1. The molecule has 0 radical (unpaired) electrons. The maximum absolute atomic E-state index is 12.7. The second-order valence-corrected chi connectivity index (χ2v) is 6.93. The van der Waals surface area contributed by atoms with Crippen LogP contribution in [0.4, 0.5) is 5.69 Å². The second-order valence-electron chi connectivity index (χ2n) is 6.93. The van der Waals surface area contributed by atoms with Gasteiger partial charge >= 0.3 is 0 Å². The van der Waals surface area contributed by atoms with Gasteiger partial charge in [-0.3, -0.25) is 24.3 Å². The molecular weight excluding hydrogens is 386 g/mol. The second kappa shape index (κ2) is 8.46. The number of anilines is 1. The standard InChI is InChI=1S/C22H21N3O5/c1-15(26)25-19-5-3-2-4-18(19)22(28)20(25)12-16-6-7-17(13-23-16)30-14-21(27)24-8-10-29-11-9-24/h2-7,12-13H,8-11,14H2,1H3. The highest BCUT2D eigenvalue weighted by Gasteiger charge is 2.34. The van der Waals surface area contributed by atoms with E-state index in [9.17, 15) is 14.4 Å². The van der Waals surface area contributed by atoms with Crippen LogP contribution in [0, 0.1) is 0 Å². The fourth-order valence-corrected chi connectivity index (χ4v) is 3.45. The fraction of sp³-hybridized carbons (Fsp3) is 0.273. The monoisotopic (exact) mass is 407 g/mol. The number of carbonyl (C=O) groups is 3. The third-order valence-electron chi connectivity index (χ3n) is 4.95. The largest absolute Gasteiger partial charge is 0.482 e. The minimum atomic E-state index is -0.249. The highest BCUT2D eigenvalue weighted by molar-refractivity contribution is 6.26. The zero-order valence-electron chi connectivity index (χ0n) is 16.5. The maximum Gasteiger partial charge on any atom is 0.260 e. The molecule has 0 spiro atoms. The highest BCUT2D eigenvalue weighted by Crippen LogP contribution is 2.35. The van der Waals surface area contributed by atoms with E-state index in [4.69, 9.17) is 9.47 Å². The molecule has 4 rings (SSSR count). The normalized spacial score (nSPS) is 17.2. The van der Waals surface area contributed by atoms with Crippen molar-refractivity contribution in [3.63, 3.8) is 0 Å². The molecule has 1 aromatic heterocycles. The van der Waals surface area contributed by atoms with Crippen molar-refractivity contribution in [2.45, 2.75) is 6.92 Å². The smallest absolute Gasteiger partial charge is 0.260 e. The number of benzene rings is 1. The molecule has 3 heterocycles. The predicted molar refractivity (Wildman–Crippen MR) is 109 cm³/mol. The van der Waals surface area contributed by atoms with Gasteiger partial charge in [-0.2, -0.15) is 0 Å². The van der Waals surface area contributed by atoms with Crippen molar-refractivity contribution in [3.05, 3.63) is 59.5 Å². The van der Waals surface area contributed by atoms with Crippen molar-refractivity contribution < 1.29 is 23.9 Å². The SMILES string of the molecule is CC(=O)N1C(=Cc2ccc(OCC(=O)N3CCOCC3)cn2)C(=O)c2ccccc21. The van der Waals surface area contributed by atoms with E-state index < -0.39 is 0 Å². The van der Waals surface area contributed by atoms with Gasteiger partial charge in [-0.15, -0.1) is 0 Å². The van der Waals surface area contributed by atoms with Gasteiger partial charge in [0.05, 0.1) is 36.5 Å². The fourth-order valence-electron chi connectivity index (χ4n) is 3.45. The van der Waals surface area contributed by atoms with Gasteiger partial charge in [0.25, 0.3) is 5.91 Å². The maximum atomic E-state index is 12.7. The number of rotatable bonds is 4. The van der Waals surface area contributed by atoms with Crippen molar-refractivity contribution in [2.24, 2.45) is 0 Å². The molecule has 1 fully saturated rings. The number of ketones is 1. The molecule has 1 saturated heterocycles. The number of pyridine rings is 1. The molecule has 0 N–H and O–H groups in total. The molecule has 1 aromatic carbocycles. The summed E-state index contributed by atoms with van der Waals surface area (Å²) in [6.45, 7) is 3.55. The Balaban J connectivity index is 1.46. The number of nitrogens with zero attached hydrogens (tertiary/aromatic N) is 3. The topological polar surface area (TPSA) is 89.0 Å². The van der Waals surface area contributed by atoms with Gasteiger partial charge in [-0.25, -0.2) is 0 Å². The van der Waals surface area contributed by atoms with Crippen molar-refractivity contribution in [2.75, 3.05) is 37.8 Å². The van der Waals surface area contributed by atoms with Crippen LogP contribution in [-0.4, -0.2) is 60.4 Å². The number of hydrogen-bond acceptors (Lipinski definition) is 6. The van der Waals surface area contributed by atoms with E-state index in [2.05, 4.69) is 4.98 Å². The van der Waals surface area contributed by atoms with E-state index in [0.717, 1.165) is 0 Å². The molecule has 2 aliphatic heterocycles. The summed E-state index contributed by atoms with van der Waals surface area (Å²) in [6.07, 6.45) is 3.07. The summed E-state index contributed by atoms with van der Waals surface area (Å²) in [4.78, 5) is 44.4. The van der Waals surface area contributed by atoms with Crippen molar-refractivity contribution in [1.82, 2.24) is 9.88 Å². The average Bonchev–Trinajstić information content (AvgIpc) is 3.05. The molecule has 0 aliphatic carbocycles. The summed E-state index contributed by atoms with van der Waals surface area (Å²) in [5.41, 5.74) is 1.82. The molecule has 0 atom stereocenters. The lowest BCUT2D eigenvalue weighted by atomic mass is 10.1. The van der Waals surface area contributed by atoms with Crippen LogP contribution in [0.15, 0.2) is 48.3 Å². The van der Waals surface area contributed by atoms with E-state index in [0.29, 0.717) is 49.0 Å². The molecular formula is C22H21N3O5. The van der Waals surface area contributed by atoms with Gasteiger partial charge in [0.1, 0.15) is 5.75 Å². The van der Waals surface area contributed by atoms with Crippen LogP contribution in [0.25, 0.3) is 6.08 Å². The van der Waals surface area contributed by atoms with Crippen molar-refractivity contribution in [3.8, 4) is 5.75 Å². The first-order valence-corrected chi connectivity index (χ1v) is 9.65. The number of ether oxygens (including phenoxy) is 2. The molecule has 2 amide bonds. The Bertz CT molecular complexity index is 1010. The zero-order chi connectivity index (χ0) is 21.1. The van der Waals surface area contributed by atoms with Crippen LogP contribution in [0.2, 0.25) is 0 Å². The van der Waals surface area contributed by atoms with Crippen LogP contribution in [0.5, 0.6) is 5.75 Å². The zero-order valence-corrected chi connectivity index (χ0v) is 16.5. The first kappa shape index (κ1) is 19.8. The molecule has 2 aromatic rings. The average molecular weight is 407 g/mol. The Kier molecular flexibility index (Phi) is 5.58. The highest BCUT2D eigenvalue weighted by atomic mass is 16.5. The minimum Gasteiger partial charge on any atom is -0.482 e. The van der Waals surface area contributed by atoms with E-state index in [-0.39, 0.29) is 29.9 Å². The van der Waals surface area contributed by atoms with Crippen LogP contribution >= 0.6 is 0 Å². The molecule has 8 nitrogen and oxygen atoms in total. The number of hydrogen-bond donors (Lipinski definition) is 0. The van der Waals surface area contributed by atoms with Gasteiger partial charge in [0.15, 0.2) is 6.61 Å². The molecule has 30 heavy (non-hydrogen) atoms. The Morgan fingerprint density at radius 3 is 2.63 bits per heavy atom. The van der Waals surface area contributed by atoms with Gasteiger partial charge in [-0.1, -0.05) is 12.1 Å². The van der Waals surface area contributed by atoms with Gasteiger partial charge in [0.2, 0.25) is 11.7 Å². The summed E-state index contributed by atoms with van der Waals surface area (Å²) < 4.78 is 10.8. The van der Waals surface area contributed by atoms with Crippen molar-refractivity contribution in [1.29, 1.82) is 0 Å². The van der Waals surface area contributed by atoms with Crippen LogP contribution in [0.3, 0.4) is 0 Å². The first-order valence-electron chi connectivity index (χ1n) is 9.65. The Morgan fingerprint density at radius 1 is 1.17 bits per heavy atom. The summed E-state index contributed by atoms with van der Waals surface area (Å²) in [5, 5.41) is 0. The van der Waals surface area contributed by atoms with E-state index in [1.807, 2.05) is 0 Å². The van der Waals surface area contributed by atoms with E-state index in [1.54, 1.807) is 47.4 Å². The van der Waals surface area contributed by atoms with Crippen LogP contribution < -0.4 is 9.64 Å².